The van der Waals surface area contributed by atoms with E-state index in [4.69, 9.17) is 10.5 Å². The molecule has 0 aliphatic heterocycles. The minimum Gasteiger partial charge on any atom is -0.492 e. The van der Waals surface area contributed by atoms with Gasteiger partial charge in [0.2, 0.25) is 0 Å². The van der Waals surface area contributed by atoms with E-state index in [2.05, 4.69) is 9.97 Å². The van der Waals surface area contributed by atoms with Gasteiger partial charge in [-0.25, -0.2) is 4.98 Å². The average Bonchev–Trinajstić information content (AvgIpc) is 2.21. The highest BCUT2D eigenvalue weighted by atomic mass is 16.5. The zero-order chi connectivity index (χ0) is 10.8. The van der Waals surface area contributed by atoms with Crippen molar-refractivity contribution in [3.8, 4) is 5.75 Å². The predicted molar refractivity (Wildman–Crippen MR) is 57.9 cm³/mol. The molecule has 0 aliphatic carbocycles. The summed E-state index contributed by atoms with van der Waals surface area (Å²) in [7, 11) is 0. The summed E-state index contributed by atoms with van der Waals surface area (Å²) < 4.78 is 5.31. The summed E-state index contributed by atoms with van der Waals surface area (Å²) in [5.41, 5.74) is 6.56. The van der Waals surface area contributed by atoms with E-state index in [0.29, 0.717) is 28.9 Å². The van der Waals surface area contributed by atoms with Crippen LogP contribution in [0.2, 0.25) is 0 Å². The van der Waals surface area contributed by atoms with Gasteiger partial charge in [-0.15, -0.1) is 0 Å². The fraction of sp³-hybridized carbons (Fsp3) is 0.200. The Morgan fingerprint density at radius 3 is 3.07 bits per heavy atom. The van der Waals surface area contributed by atoms with Crippen LogP contribution < -0.4 is 16.0 Å². The zero-order valence-electron chi connectivity index (χ0n) is 8.28. The van der Waals surface area contributed by atoms with Crippen LogP contribution in [0, 0.1) is 0 Å². The number of nitrogens with one attached hydrogen (secondary N) is 1. The Morgan fingerprint density at radius 1 is 1.53 bits per heavy atom. The Bertz CT molecular complexity index is 548. The SMILES string of the molecule is CCOc1cc2nc[nH]c(=O)c2cc1N. The van der Waals surface area contributed by atoms with Crippen LogP contribution in [0.4, 0.5) is 5.69 Å². The topological polar surface area (TPSA) is 81.0 Å². The van der Waals surface area contributed by atoms with Crippen molar-refractivity contribution in [3.05, 3.63) is 28.8 Å². The lowest BCUT2D eigenvalue weighted by Gasteiger charge is -2.07. The Labute approximate surface area is 85.9 Å². The van der Waals surface area contributed by atoms with Gasteiger partial charge in [0, 0.05) is 6.07 Å². The molecule has 0 atom stereocenters. The number of anilines is 1. The van der Waals surface area contributed by atoms with E-state index >= 15 is 0 Å². The summed E-state index contributed by atoms with van der Waals surface area (Å²) in [5, 5.41) is 0.471. The molecular formula is C10H11N3O2. The van der Waals surface area contributed by atoms with E-state index in [9.17, 15) is 4.79 Å². The third-order valence-corrected chi connectivity index (χ3v) is 2.07. The van der Waals surface area contributed by atoms with E-state index < -0.39 is 0 Å². The number of nitrogens with two attached hydrogens (primary N) is 1. The molecule has 0 amide bonds. The Balaban J connectivity index is 2.71. The Morgan fingerprint density at radius 2 is 2.33 bits per heavy atom. The second-order valence-corrected chi connectivity index (χ2v) is 3.07. The fourth-order valence-corrected chi connectivity index (χ4v) is 1.39. The van der Waals surface area contributed by atoms with Gasteiger partial charge in [0.25, 0.3) is 5.56 Å². The maximum Gasteiger partial charge on any atom is 0.258 e. The number of hydrogen-bond donors (Lipinski definition) is 2. The van der Waals surface area contributed by atoms with Crippen LogP contribution in [0.1, 0.15) is 6.92 Å². The summed E-state index contributed by atoms with van der Waals surface area (Å²) >= 11 is 0. The molecule has 1 heterocycles. The van der Waals surface area contributed by atoms with Crippen molar-refractivity contribution in [1.82, 2.24) is 9.97 Å². The van der Waals surface area contributed by atoms with Crippen molar-refractivity contribution in [2.45, 2.75) is 6.92 Å². The molecule has 0 radical (unpaired) electrons. The van der Waals surface area contributed by atoms with Crippen molar-refractivity contribution < 1.29 is 4.74 Å². The number of nitrogens with zero attached hydrogens (tertiary/aromatic N) is 1. The van der Waals surface area contributed by atoms with Crippen molar-refractivity contribution in [2.24, 2.45) is 0 Å². The van der Waals surface area contributed by atoms with E-state index in [0.717, 1.165) is 0 Å². The fourth-order valence-electron chi connectivity index (χ4n) is 1.39. The van der Waals surface area contributed by atoms with Crippen LogP contribution >= 0.6 is 0 Å². The van der Waals surface area contributed by atoms with Crippen LogP contribution in [0.25, 0.3) is 10.9 Å². The molecule has 5 heteroatoms. The van der Waals surface area contributed by atoms with Gasteiger partial charge in [0.1, 0.15) is 5.75 Å². The molecule has 1 aromatic heterocycles. The minimum absolute atomic E-state index is 0.199. The Hall–Kier alpha value is -2.04. The Kier molecular flexibility index (Phi) is 2.29. The largest absolute Gasteiger partial charge is 0.492 e. The summed E-state index contributed by atoms with van der Waals surface area (Å²) in [4.78, 5) is 17.9. The molecule has 0 aliphatic rings. The standard InChI is InChI=1S/C10H11N3O2/c1-2-15-9-4-8-6(3-7(9)11)10(14)13-5-12-8/h3-5H,2,11H2,1H3,(H,12,13,14). The molecule has 0 unspecified atom stereocenters. The first-order valence-electron chi connectivity index (χ1n) is 4.62. The highest BCUT2D eigenvalue weighted by Crippen LogP contribution is 2.24. The molecular weight excluding hydrogens is 194 g/mol. The van der Waals surface area contributed by atoms with Gasteiger partial charge in [0.05, 0.1) is 29.5 Å². The monoisotopic (exact) mass is 205 g/mol. The van der Waals surface area contributed by atoms with E-state index in [1.54, 1.807) is 12.1 Å². The average molecular weight is 205 g/mol. The summed E-state index contributed by atoms with van der Waals surface area (Å²) in [5.74, 6) is 0.558. The summed E-state index contributed by atoms with van der Waals surface area (Å²) in [6.45, 7) is 2.40. The summed E-state index contributed by atoms with van der Waals surface area (Å²) in [6.07, 6.45) is 1.36. The smallest absolute Gasteiger partial charge is 0.258 e. The van der Waals surface area contributed by atoms with Crippen molar-refractivity contribution in [1.29, 1.82) is 0 Å². The molecule has 0 spiro atoms. The molecule has 2 aromatic rings. The second-order valence-electron chi connectivity index (χ2n) is 3.07. The molecule has 0 saturated heterocycles. The van der Waals surface area contributed by atoms with Gasteiger partial charge in [-0.2, -0.15) is 0 Å². The highest BCUT2D eigenvalue weighted by Gasteiger charge is 2.05. The lowest BCUT2D eigenvalue weighted by atomic mass is 10.2. The van der Waals surface area contributed by atoms with Gasteiger partial charge in [-0.3, -0.25) is 4.79 Å². The first kappa shape index (κ1) is 9.51. The minimum atomic E-state index is -0.199. The number of hydrogen-bond acceptors (Lipinski definition) is 4. The van der Waals surface area contributed by atoms with Crippen molar-refractivity contribution in [3.63, 3.8) is 0 Å². The van der Waals surface area contributed by atoms with E-state index in [1.165, 1.54) is 6.33 Å². The predicted octanol–water partition coefficient (Wildman–Crippen LogP) is 0.904. The lowest BCUT2D eigenvalue weighted by molar-refractivity contribution is 0.342. The van der Waals surface area contributed by atoms with E-state index in [1.807, 2.05) is 6.92 Å². The molecule has 0 bridgehead atoms. The third kappa shape index (κ3) is 1.63. The number of fused-ring (bicyclic) bond motifs is 1. The lowest BCUT2D eigenvalue weighted by Crippen LogP contribution is -2.07. The van der Waals surface area contributed by atoms with Crippen LogP contribution in [0.3, 0.4) is 0 Å². The number of nitrogen functional groups attached to an aromatic ring is 1. The quantitative estimate of drug-likeness (QED) is 0.714. The zero-order valence-corrected chi connectivity index (χ0v) is 8.28. The molecule has 0 saturated carbocycles. The number of rotatable bonds is 2. The molecule has 78 valence electrons. The summed E-state index contributed by atoms with van der Waals surface area (Å²) in [6, 6.07) is 3.25. The van der Waals surface area contributed by atoms with Crippen LogP contribution in [-0.4, -0.2) is 16.6 Å². The number of H-pyrrole nitrogens is 1. The van der Waals surface area contributed by atoms with Gasteiger partial charge in [-0.05, 0) is 13.0 Å². The van der Waals surface area contributed by atoms with Crippen molar-refractivity contribution in [2.75, 3.05) is 12.3 Å². The van der Waals surface area contributed by atoms with Gasteiger partial charge in [-0.1, -0.05) is 0 Å². The first-order valence-corrected chi connectivity index (χ1v) is 4.62. The molecule has 1 aromatic carbocycles. The molecule has 0 fully saturated rings. The number of aromatic amines is 1. The molecule has 2 rings (SSSR count). The van der Waals surface area contributed by atoms with Crippen LogP contribution in [-0.2, 0) is 0 Å². The molecule has 15 heavy (non-hydrogen) atoms. The normalized spacial score (nSPS) is 10.5. The van der Waals surface area contributed by atoms with Crippen molar-refractivity contribution >= 4 is 16.6 Å². The first-order chi connectivity index (χ1) is 7.22. The van der Waals surface area contributed by atoms with Crippen LogP contribution in [0.15, 0.2) is 23.3 Å². The second kappa shape index (κ2) is 3.61. The third-order valence-electron chi connectivity index (χ3n) is 2.07. The van der Waals surface area contributed by atoms with Gasteiger partial charge >= 0.3 is 0 Å². The number of ether oxygens (including phenoxy) is 1. The van der Waals surface area contributed by atoms with Crippen LogP contribution in [0.5, 0.6) is 5.75 Å². The number of aromatic nitrogens is 2. The number of benzene rings is 1. The van der Waals surface area contributed by atoms with Gasteiger partial charge in [0.15, 0.2) is 0 Å². The maximum atomic E-state index is 11.4. The maximum absolute atomic E-state index is 11.4. The highest BCUT2D eigenvalue weighted by molar-refractivity contribution is 5.84. The molecule has 3 N–H and O–H groups in total. The van der Waals surface area contributed by atoms with Gasteiger partial charge < -0.3 is 15.5 Å². The van der Waals surface area contributed by atoms with E-state index in [-0.39, 0.29) is 5.56 Å². The molecule has 5 nitrogen and oxygen atoms in total.